The molecule has 1 N–H and O–H groups in total. The minimum absolute atomic E-state index is 0.317. The summed E-state index contributed by atoms with van der Waals surface area (Å²) in [6.07, 6.45) is -0.317. The van der Waals surface area contributed by atoms with Crippen LogP contribution in [0.2, 0.25) is 0 Å². The van der Waals surface area contributed by atoms with Gasteiger partial charge in [-0.15, -0.1) is 0 Å². The fraction of sp³-hybridized carbons (Fsp3) is 0.857. The first kappa shape index (κ1) is 8.49. The number of amides is 1. The van der Waals surface area contributed by atoms with E-state index in [1.54, 1.807) is 6.92 Å². The van der Waals surface area contributed by atoms with E-state index in [1.165, 1.54) is 11.8 Å². The molecular formula is C7H13NO3. The van der Waals surface area contributed by atoms with Gasteiger partial charge in [-0.3, -0.25) is 4.79 Å². The molecule has 0 saturated carbocycles. The Bertz CT molecular complexity index is 179. The summed E-state index contributed by atoms with van der Waals surface area (Å²) in [4.78, 5) is 12.7. The Kier molecular flexibility index (Phi) is 1.90. The lowest BCUT2D eigenvalue weighted by molar-refractivity contribution is -0.183. The third-order valence-electron chi connectivity index (χ3n) is 1.84. The van der Waals surface area contributed by atoms with Gasteiger partial charge >= 0.3 is 0 Å². The standard InChI is InChI=1S/C7H13NO3/c1-4-8-5(2)11-7(3,10)6(8)9/h5,10H,4H2,1-3H3/t5-,7+/m1/s1. The number of rotatable bonds is 1. The van der Waals surface area contributed by atoms with Crippen molar-refractivity contribution in [3.05, 3.63) is 0 Å². The van der Waals surface area contributed by atoms with E-state index in [1.807, 2.05) is 6.92 Å². The summed E-state index contributed by atoms with van der Waals surface area (Å²) in [7, 11) is 0. The Morgan fingerprint density at radius 1 is 1.82 bits per heavy atom. The Morgan fingerprint density at radius 2 is 2.36 bits per heavy atom. The zero-order chi connectivity index (χ0) is 8.65. The number of likely N-dealkylation sites (N-methyl/N-ethyl adjacent to an activating group) is 1. The van der Waals surface area contributed by atoms with Crippen molar-refractivity contribution in [3.8, 4) is 0 Å². The van der Waals surface area contributed by atoms with Crippen molar-refractivity contribution in [2.45, 2.75) is 32.8 Å². The molecule has 1 fully saturated rings. The highest BCUT2D eigenvalue weighted by Gasteiger charge is 2.45. The van der Waals surface area contributed by atoms with E-state index < -0.39 is 5.79 Å². The van der Waals surface area contributed by atoms with Crippen molar-refractivity contribution < 1.29 is 14.6 Å². The Hall–Kier alpha value is -0.610. The van der Waals surface area contributed by atoms with Crippen LogP contribution in [0.4, 0.5) is 0 Å². The quantitative estimate of drug-likeness (QED) is 0.582. The molecule has 1 rings (SSSR count). The third kappa shape index (κ3) is 1.23. The predicted octanol–water partition coefficient (Wildman–Crippen LogP) is -0.0804. The fourth-order valence-electron chi connectivity index (χ4n) is 1.28. The van der Waals surface area contributed by atoms with Crippen LogP contribution in [0.5, 0.6) is 0 Å². The van der Waals surface area contributed by atoms with Crippen LogP contribution in [0.25, 0.3) is 0 Å². The van der Waals surface area contributed by atoms with E-state index in [0.29, 0.717) is 6.54 Å². The van der Waals surface area contributed by atoms with E-state index >= 15 is 0 Å². The van der Waals surface area contributed by atoms with Crippen LogP contribution >= 0.6 is 0 Å². The maximum atomic E-state index is 11.2. The molecule has 1 heterocycles. The van der Waals surface area contributed by atoms with E-state index in [-0.39, 0.29) is 12.1 Å². The van der Waals surface area contributed by atoms with E-state index in [2.05, 4.69) is 0 Å². The second-order valence-electron chi connectivity index (χ2n) is 2.79. The SMILES string of the molecule is CCN1C(=O)[C@@](C)(O)O[C@@H]1C. The van der Waals surface area contributed by atoms with Crippen molar-refractivity contribution in [3.63, 3.8) is 0 Å². The second-order valence-corrected chi connectivity index (χ2v) is 2.79. The fourth-order valence-corrected chi connectivity index (χ4v) is 1.28. The molecule has 0 unspecified atom stereocenters. The molecule has 4 heteroatoms. The highest BCUT2D eigenvalue weighted by atomic mass is 16.7. The van der Waals surface area contributed by atoms with Gasteiger partial charge in [0.2, 0.25) is 5.79 Å². The first-order valence-electron chi connectivity index (χ1n) is 3.70. The highest BCUT2D eigenvalue weighted by Crippen LogP contribution is 2.23. The smallest absolute Gasteiger partial charge is 0.284 e. The molecule has 1 saturated heterocycles. The Balaban J connectivity index is 2.80. The van der Waals surface area contributed by atoms with Crippen LogP contribution in [-0.4, -0.2) is 34.5 Å². The Morgan fingerprint density at radius 3 is 2.55 bits per heavy atom. The lowest BCUT2D eigenvalue weighted by Crippen LogP contribution is -2.38. The zero-order valence-corrected chi connectivity index (χ0v) is 7.00. The van der Waals surface area contributed by atoms with Crippen molar-refractivity contribution in [1.82, 2.24) is 4.90 Å². The molecular weight excluding hydrogens is 146 g/mol. The first-order valence-corrected chi connectivity index (χ1v) is 3.70. The number of hydrogen-bond acceptors (Lipinski definition) is 3. The van der Waals surface area contributed by atoms with Gasteiger partial charge in [-0.25, -0.2) is 0 Å². The zero-order valence-electron chi connectivity index (χ0n) is 7.00. The molecule has 0 radical (unpaired) electrons. The summed E-state index contributed by atoms with van der Waals surface area (Å²) >= 11 is 0. The lowest BCUT2D eigenvalue weighted by atomic mass is 10.3. The van der Waals surface area contributed by atoms with Gasteiger partial charge in [0.15, 0.2) is 0 Å². The first-order chi connectivity index (χ1) is 4.99. The maximum absolute atomic E-state index is 11.2. The van der Waals surface area contributed by atoms with E-state index in [0.717, 1.165) is 0 Å². The molecule has 1 amide bonds. The van der Waals surface area contributed by atoms with Crippen LogP contribution in [0.15, 0.2) is 0 Å². The van der Waals surface area contributed by atoms with Gasteiger partial charge in [0.05, 0.1) is 0 Å². The molecule has 4 nitrogen and oxygen atoms in total. The molecule has 0 spiro atoms. The summed E-state index contributed by atoms with van der Waals surface area (Å²) in [6.45, 7) is 5.51. The molecule has 2 atom stereocenters. The summed E-state index contributed by atoms with van der Waals surface area (Å²) in [6, 6.07) is 0. The number of nitrogens with zero attached hydrogens (tertiary/aromatic N) is 1. The van der Waals surface area contributed by atoms with E-state index in [4.69, 9.17) is 4.74 Å². The number of carbonyl (C=O) groups excluding carboxylic acids is 1. The summed E-state index contributed by atoms with van der Waals surface area (Å²) in [5.41, 5.74) is 0. The van der Waals surface area contributed by atoms with Crippen LogP contribution in [0.1, 0.15) is 20.8 Å². The Labute approximate surface area is 65.8 Å². The predicted molar refractivity (Wildman–Crippen MR) is 38.6 cm³/mol. The summed E-state index contributed by atoms with van der Waals surface area (Å²) in [5.74, 6) is -1.97. The topological polar surface area (TPSA) is 49.8 Å². The minimum Gasteiger partial charge on any atom is -0.358 e. The number of carbonyl (C=O) groups is 1. The normalized spacial score (nSPS) is 38.4. The van der Waals surface area contributed by atoms with Gasteiger partial charge in [-0.2, -0.15) is 0 Å². The number of ether oxygens (including phenoxy) is 1. The molecule has 0 aliphatic carbocycles. The van der Waals surface area contributed by atoms with Crippen molar-refractivity contribution >= 4 is 5.91 Å². The number of hydrogen-bond donors (Lipinski definition) is 1. The number of aliphatic hydroxyl groups is 1. The summed E-state index contributed by atoms with van der Waals surface area (Å²) in [5, 5.41) is 9.32. The molecule has 0 aromatic heterocycles. The van der Waals surface area contributed by atoms with Crippen molar-refractivity contribution in [2.24, 2.45) is 0 Å². The van der Waals surface area contributed by atoms with Crippen LogP contribution in [-0.2, 0) is 9.53 Å². The lowest BCUT2D eigenvalue weighted by Gasteiger charge is -2.15. The molecule has 0 aromatic carbocycles. The minimum atomic E-state index is -1.62. The van der Waals surface area contributed by atoms with Crippen LogP contribution in [0, 0.1) is 0 Å². The van der Waals surface area contributed by atoms with Gasteiger partial charge in [0.1, 0.15) is 6.23 Å². The molecule has 1 aliphatic heterocycles. The third-order valence-corrected chi connectivity index (χ3v) is 1.84. The average molecular weight is 159 g/mol. The van der Waals surface area contributed by atoms with Crippen molar-refractivity contribution in [1.29, 1.82) is 0 Å². The van der Waals surface area contributed by atoms with Crippen LogP contribution < -0.4 is 0 Å². The molecule has 1 aliphatic rings. The molecule has 0 bridgehead atoms. The van der Waals surface area contributed by atoms with Gasteiger partial charge in [0.25, 0.3) is 5.91 Å². The van der Waals surface area contributed by atoms with Crippen molar-refractivity contribution in [2.75, 3.05) is 6.54 Å². The van der Waals surface area contributed by atoms with Gasteiger partial charge in [0, 0.05) is 6.54 Å². The van der Waals surface area contributed by atoms with Crippen LogP contribution in [0.3, 0.4) is 0 Å². The highest BCUT2D eigenvalue weighted by molar-refractivity contribution is 5.84. The monoisotopic (exact) mass is 159 g/mol. The molecule has 11 heavy (non-hydrogen) atoms. The summed E-state index contributed by atoms with van der Waals surface area (Å²) < 4.78 is 5.00. The van der Waals surface area contributed by atoms with Gasteiger partial charge < -0.3 is 14.7 Å². The molecule has 64 valence electrons. The largest absolute Gasteiger partial charge is 0.358 e. The van der Waals surface area contributed by atoms with E-state index in [9.17, 15) is 9.90 Å². The average Bonchev–Trinajstić information content (AvgIpc) is 2.04. The maximum Gasteiger partial charge on any atom is 0.284 e. The van der Waals surface area contributed by atoms with Gasteiger partial charge in [-0.1, -0.05) is 0 Å². The van der Waals surface area contributed by atoms with Gasteiger partial charge in [-0.05, 0) is 20.8 Å². The molecule has 0 aromatic rings. The second kappa shape index (κ2) is 2.46.